The molecule has 1 aromatic heterocycles. The minimum absolute atomic E-state index is 0.0316. The van der Waals surface area contributed by atoms with Crippen LogP contribution in [0.2, 0.25) is 0 Å². The monoisotopic (exact) mass is 343 g/mol. The number of hydrogen-bond donors (Lipinski definition) is 1. The lowest BCUT2D eigenvalue weighted by molar-refractivity contribution is -0.125. The number of amides is 1. The van der Waals surface area contributed by atoms with Crippen LogP contribution in [-0.2, 0) is 16.0 Å². The number of anilines is 1. The van der Waals surface area contributed by atoms with Gasteiger partial charge in [-0.3, -0.25) is 9.69 Å². The first-order valence-corrected chi connectivity index (χ1v) is 9.25. The van der Waals surface area contributed by atoms with Crippen molar-refractivity contribution >= 4 is 22.9 Å². The summed E-state index contributed by atoms with van der Waals surface area (Å²) in [5, 5.41) is 6.15. The molecule has 4 rings (SSSR count). The Morgan fingerprint density at radius 2 is 2.25 bits per heavy atom. The summed E-state index contributed by atoms with van der Waals surface area (Å²) in [6.07, 6.45) is 1.72. The van der Waals surface area contributed by atoms with E-state index in [9.17, 15) is 4.79 Å². The quantitative estimate of drug-likeness (QED) is 0.911. The van der Waals surface area contributed by atoms with Gasteiger partial charge >= 0.3 is 0 Å². The van der Waals surface area contributed by atoms with E-state index < -0.39 is 0 Å². The van der Waals surface area contributed by atoms with Crippen molar-refractivity contribution in [2.45, 2.75) is 31.9 Å². The lowest BCUT2D eigenvalue weighted by Crippen LogP contribution is -2.49. The molecule has 0 bridgehead atoms. The third-order valence-electron chi connectivity index (χ3n) is 4.72. The zero-order valence-corrected chi connectivity index (χ0v) is 14.5. The van der Waals surface area contributed by atoms with Gasteiger partial charge in [0.05, 0.1) is 12.6 Å². The highest BCUT2D eigenvalue weighted by Gasteiger charge is 2.34. The summed E-state index contributed by atoms with van der Waals surface area (Å²) >= 11 is 1.64. The van der Waals surface area contributed by atoms with Crippen molar-refractivity contribution in [2.75, 3.05) is 25.0 Å². The minimum atomic E-state index is -0.107. The summed E-state index contributed by atoms with van der Waals surface area (Å²) in [5.74, 6) is 0.0934. The summed E-state index contributed by atoms with van der Waals surface area (Å²) in [5.41, 5.74) is 3.19. The maximum atomic E-state index is 12.7. The molecule has 1 aromatic carbocycles. The molecule has 1 saturated heterocycles. The van der Waals surface area contributed by atoms with Crippen LogP contribution in [0, 0.1) is 6.92 Å². The first-order valence-electron chi connectivity index (χ1n) is 8.37. The van der Waals surface area contributed by atoms with Crippen LogP contribution in [0.15, 0.2) is 29.6 Å². The van der Waals surface area contributed by atoms with E-state index in [0.29, 0.717) is 6.61 Å². The first kappa shape index (κ1) is 15.7. The maximum Gasteiger partial charge on any atom is 0.241 e. The Hall–Kier alpha value is -1.76. The molecule has 3 heterocycles. The lowest BCUT2D eigenvalue weighted by Gasteiger charge is -2.36. The number of ether oxygens (including phenoxy) is 1. The number of morpholine rings is 1. The summed E-state index contributed by atoms with van der Waals surface area (Å²) in [7, 11) is 0. The van der Waals surface area contributed by atoms with Gasteiger partial charge in [-0.1, -0.05) is 18.2 Å². The van der Waals surface area contributed by atoms with Crippen molar-refractivity contribution in [3.8, 4) is 0 Å². The van der Waals surface area contributed by atoms with Gasteiger partial charge in [0.15, 0.2) is 0 Å². The van der Waals surface area contributed by atoms with Crippen LogP contribution in [-0.4, -0.2) is 41.5 Å². The van der Waals surface area contributed by atoms with Crippen molar-refractivity contribution in [3.05, 3.63) is 45.9 Å². The van der Waals surface area contributed by atoms with E-state index in [-0.39, 0.29) is 18.1 Å². The molecule has 2 atom stereocenters. The van der Waals surface area contributed by atoms with Crippen molar-refractivity contribution in [3.63, 3.8) is 0 Å². The Bertz CT molecular complexity index is 745. The summed E-state index contributed by atoms with van der Waals surface area (Å²) in [6.45, 7) is 4.15. The smallest absolute Gasteiger partial charge is 0.241 e. The van der Waals surface area contributed by atoms with Gasteiger partial charge in [-0.05, 0) is 31.4 Å². The number of para-hydroxylation sites is 1. The first-order chi connectivity index (χ1) is 11.7. The molecule has 2 aliphatic rings. The van der Waals surface area contributed by atoms with E-state index >= 15 is 0 Å². The molecule has 1 N–H and O–H groups in total. The number of thiazole rings is 1. The molecular formula is C18H21N3O2S. The van der Waals surface area contributed by atoms with Gasteiger partial charge in [0.2, 0.25) is 5.91 Å². The number of nitrogens with zero attached hydrogens (tertiary/aromatic N) is 2. The summed E-state index contributed by atoms with van der Waals surface area (Å²) in [4.78, 5) is 19.5. The molecule has 0 spiro atoms. The topological polar surface area (TPSA) is 54.5 Å². The van der Waals surface area contributed by atoms with E-state index in [1.807, 2.05) is 30.5 Å². The molecule has 1 amide bonds. The van der Waals surface area contributed by atoms with Crippen LogP contribution in [0.5, 0.6) is 0 Å². The van der Waals surface area contributed by atoms with Crippen molar-refractivity contribution in [2.24, 2.45) is 0 Å². The highest BCUT2D eigenvalue weighted by molar-refractivity contribution is 7.09. The summed E-state index contributed by atoms with van der Waals surface area (Å²) in [6, 6.07) is 7.97. The van der Waals surface area contributed by atoms with Crippen LogP contribution < -0.4 is 5.32 Å². The SMILES string of the molecule is Cc1csc([C@H]2CN([C@@H]3CCc4ccccc4NC3=O)CCO2)n1. The molecule has 0 saturated carbocycles. The largest absolute Gasteiger partial charge is 0.368 e. The second-order valence-corrected chi connectivity index (χ2v) is 7.27. The van der Waals surface area contributed by atoms with Crippen LogP contribution in [0.25, 0.3) is 0 Å². The Morgan fingerprint density at radius 3 is 3.08 bits per heavy atom. The third kappa shape index (κ3) is 3.09. The fraction of sp³-hybridized carbons (Fsp3) is 0.444. The molecule has 126 valence electrons. The Morgan fingerprint density at radius 1 is 1.38 bits per heavy atom. The Balaban J connectivity index is 1.50. The van der Waals surface area contributed by atoms with Gasteiger partial charge in [-0.25, -0.2) is 4.98 Å². The number of fused-ring (bicyclic) bond motifs is 1. The molecule has 2 aliphatic heterocycles. The number of benzene rings is 1. The number of aryl methyl sites for hydroxylation is 2. The highest BCUT2D eigenvalue weighted by atomic mass is 32.1. The van der Waals surface area contributed by atoms with Gasteiger partial charge in [0.1, 0.15) is 11.1 Å². The van der Waals surface area contributed by atoms with Crippen LogP contribution in [0.1, 0.15) is 28.8 Å². The number of aromatic nitrogens is 1. The standard InChI is InChI=1S/C18H21N3O2S/c1-12-11-24-18(19-12)16-10-21(8-9-23-16)15-7-6-13-4-2-3-5-14(13)20-17(15)22/h2-5,11,15-16H,6-10H2,1H3,(H,20,22)/t15-,16-/m1/s1. The second kappa shape index (κ2) is 6.63. The average molecular weight is 343 g/mol. The molecule has 0 aliphatic carbocycles. The number of nitrogens with one attached hydrogen (secondary N) is 1. The van der Waals surface area contributed by atoms with E-state index in [1.54, 1.807) is 11.3 Å². The normalized spacial score (nSPS) is 25.0. The van der Waals surface area contributed by atoms with E-state index in [0.717, 1.165) is 42.3 Å². The predicted molar refractivity (Wildman–Crippen MR) is 94.3 cm³/mol. The summed E-state index contributed by atoms with van der Waals surface area (Å²) < 4.78 is 5.90. The Labute approximate surface area is 145 Å². The fourth-order valence-corrected chi connectivity index (χ4v) is 4.30. The zero-order valence-electron chi connectivity index (χ0n) is 13.7. The zero-order chi connectivity index (χ0) is 16.5. The van der Waals surface area contributed by atoms with Crippen LogP contribution in [0.3, 0.4) is 0 Å². The van der Waals surface area contributed by atoms with Gasteiger partial charge in [-0.15, -0.1) is 11.3 Å². The number of carbonyl (C=O) groups excluding carboxylic acids is 1. The maximum absolute atomic E-state index is 12.7. The fourth-order valence-electron chi connectivity index (χ4n) is 3.47. The second-order valence-electron chi connectivity index (χ2n) is 6.38. The average Bonchev–Trinajstić information content (AvgIpc) is 2.95. The molecule has 2 aromatic rings. The predicted octanol–water partition coefficient (Wildman–Crippen LogP) is 2.78. The van der Waals surface area contributed by atoms with Gasteiger partial charge in [0.25, 0.3) is 0 Å². The molecule has 24 heavy (non-hydrogen) atoms. The third-order valence-corrected chi connectivity index (χ3v) is 5.77. The lowest BCUT2D eigenvalue weighted by atomic mass is 10.0. The molecule has 0 radical (unpaired) electrons. The molecule has 1 fully saturated rings. The number of rotatable bonds is 2. The van der Waals surface area contributed by atoms with E-state index in [1.165, 1.54) is 5.56 Å². The highest BCUT2D eigenvalue weighted by Crippen LogP contribution is 2.29. The molecule has 0 unspecified atom stereocenters. The number of hydrogen-bond acceptors (Lipinski definition) is 5. The van der Waals surface area contributed by atoms with Gasteiger partial charge in [0, 0.05) is 29.9 Å². The Kier molecular flexibility index (Phi) is 4.35. The van der Waals surface area contributed by atoms with Crippen LogP contribution >= 0.6 is 11.3 Å². The van der Waals surface area contributed by atoms with Crippen molar-refractivity contribution in [1.29, 1.82) is 0 Å². The van der Waals surface area contributed by atoms with Crippen molar-refractivity contribution < 1.29 is 9.53 Å². The van der Waals surface area contributed by atoms with Gasteiger partial charge < -0.3 is 10.1 Å². The van der Waals surface area contributed by atoms with Crippen LogP contribution in [0.4, 0.5) is 5.69 Å². The van der Waals surface area contributed by atoms with Gasteiger partial charge in [-0.2, -0.15) is 0 Å². The minimum Gasteiger partial charge on any atom is -0.368 e. The number of carbonyl (C=O) groups is 1. The van der Waals surface area contributed by atoms with Crippen molar-refractivity contribution in [1.82, 2.24) is 9.88 Å². The van der Waals surface area contributed by atoms with E-state index in [2.05, 4.69) is 21.3 Å². The molecule has 6 heteroatoms. The molecular weight excluding hydrogens is 322 g/mol. The molecule has 5 nitrogen and oxygen atoms in total. The van der Waals surface area contributed by atoms with E-state index in [4.69, 9.17) is 4.74 Å².